The van der Waals surface area contributed by atoms with Crippen molar-refractivity contribution < 1.29 is 57.5 Å². The van der Waals surface area contributed by atoms with E-state index in [1.54, 1.807) is 24.3 Å². The molecular weight excluding hydrogens is 1010 g/mol. The second-order valence-electron chi connectivity index (χ2n) is 19.7. The first-order chi connectivity index (χ1) is 37.3. The minimum atomic E-state index is -4.94. The third-order valence-electron chi connectivity index (χ3n) is 14.2. The number of hydrogen-bond donors (Lipinski definition) is 6. The molecule has 0 radical (unpaired) electrons. The number of benzene rings is 1. The van der Waals surface area contributed by atoms with Gasteiger partial charge in [-0.2, -0.15) is 26.0 Å². The first kappa shape index (κ1) is 59.0. The maximum atomic E-state index is 15.0. The topological polar surface area (TPSA) is 346 Å². The zero-order valence-corrected chi connectivity index (χ0v) is 44.4. The Morgan fingerprint density at radius 3 is 1.62 bits per heavy atom. The van der Waals surface area contributed by atoms with Gasteiger partial charge < -0.3 is 50.8 Å². The molecule has 0 aliphatic carbocycles. The first-order valence-corrected chi connectivity index (χ1v) is 28.1. The quantitative estimate of drug-likeness (QED) is 0.0201. The fourth-order valence-corrected chi connectivity index (χ4v) is 11.0. The Hall–Kier alpha value is -5.68. The van der Waals surface area contributed by atoms with Crippen LogP contribution in [-0.2, 0) is 54.9 Å². The lowest BCUT2D eigenvalue weighted by atomic mass is 9.92. The standard InChI is InChI=1S/C53H72N11O12P/c1-2-3-4-5-6-7-8-9-10-11-12-13-14-15-16-17-25-70-29-39(71-28-38-20-18-19-37(26-38)27-54)30-72-77(69,73-31-42-46(65)48(67)52(33-55,75-42)44-23-21-40-50(57)59-35-61-63(40)44)74-32-43-47(66)49(68)53(34-56,76-43)45-24-22-41-51(58)60-36-62-64(41)45/h18-24,26,35-36,39,42-43,46-49,65-68H,2-17,25,28-32H2,1H3,(H2,57,59,61)(H2,58,60,62)/t39-,42-,43-,46-,47-,48-,49-,52+,53+/m1/s1. The third kappa shape index (κ3) is 14.3. The van der Waals surface area contributed by atoms with Gasteiger partial charge in [0.25, 0.3) is 0 Å². The summed E-state index contributed by atoms with van der Waals surface area (Å²) in [6.07, 6.45) is 10.5. The summed E-state index contributed by atoms with van der Waals surface area (Å²) in [4.78, 5) is 7.91. The Bertz CT molecular complexity index is 2720. The number of aromatic nitrogens is 6. The van der Waals surface area contributed by atoms with E-state index in [0.717, 1.165) is 38.3 Å². The van der Waals surface area contributed by atoms with Crippen molar-refractivity contribution in [2.75, 3.05) is 44.5 Å². The molecule has 0 bridgehead atoms. The molecule has 7 rings (SSSR count). The van der Waals surface area contributed by atoms with Crippen LogP contribution < -0.4 is 11.5 Å². The summed E-state index contributed by atoms with van der Waals surface area (Å²) < 4.78 is 59.5. The Labute approximate surface area is 448 Å². The van der Waals surface area contributed by atoms with Crippen LogP contribution in [-0.4, -0.2) is 125 Å². The molecule has 0 spiro atoms. The number of hydrogen-bond acceptors (Lipinski definition) is 21. The van der Waals surface area contributed by atoms with Crippen molar-refractivity contribution in [1.29, 1.82) is 15.8 Å². The number of nitrogens with two attached hydrogens (primary N) is 2. The molecule has 2 fully saturated rings. The molecule has 2 aliphatic heterocycles. The normalized spacial score (nSPS) is 23.8. The molecule has 1 aromatic carbocycles. The average molecular weight is 1090 g/mol. The molecule has 4 aromatic heterocycles. The predicted molar refractivity (Wildman–Crippen MR) is 279 cm³/mol. The van der Waals surface area contributed by atoms with Crippen molar-refractivity contribution in [3.8, 4) is 18.2 Å². The molecule has 24 heteroatoms. The largest absolute Gasteiger partial charge is 0.475 e. The van der Waals surface area contributed by atoms with Gasteiger partial charge in [-0.1, -0.05) is 115 Å². The lowest BCUT2D eigenvalue weighted by molar-refractivity contribution is -0.0802. The molecule has 77 heavy (non-hydrogen) atoms. The number of anilines is 2. The highest BCUT2D eigenvalue weighted by Gasteiger charge is 2.59. The summed E-state index contributed by atoms with van der Waals surface area (Å²) in [7, 11) is -4.94. The van der Waals surface area contributed by atoms with Gasteiger partial charge in [-0.05, 0) is 48.4 Å². The number of unbranched alkanes of at least 4 members (excludes halogenated alkanes) is 15. The Kier molecular flexibility index (Phi) is 21.7. The van der Waals surface area contributed by atoms with Crippen molar-refractivity contribution in [1.82, 2.24) is 29.2 Å². The van der Waals surface area contributed by atoms with Gasteiger partial charge in [0.05, 0.1) is 56.1 Å². The van der Waals surface area contributed by atoms with Gasteiger partial charge in [-0.15, -0.1) is 0 Å². The molecule has 6 heterocycles. The maximum Gasteiger partial charge on any atom is 0.475 e. The smallest absolute Gasteiger partial charge is 0.387 e. The number of ether oxygens (including phenoxy) is 4. The molecule has 0 saturated carbocycles. The number of rotatable bonds is 33. The summed E-state index contributed by atoms with van der Waals surface area (Å²) in [5.74, 6) is 0.144. The van der Waals surface area contributed by atoms with E-state index in [0.29, 0.717) is 28.8 Å². The zero-order valence-electron chi connectivity index (χ0n) is 43.6. The second kappa shape index (κ2) is 28.3. The Morgan fingerprint density at radius 1 is 0.675 bits per heavy atom. The minimum Gasteiger partial charge on any atom is -0.387 e. The van der Waals surface area contributed by atoms with E-state index in [1.807, 2.05) is 12.1 Å². The van der Waals surface area contributed by atoms with Crippen molar-refractivity contribution in [2.24, 2.45) is 0 Å². The molecule has 5 aromatic rings. The number of nitrogen functional groups attached to an aromatic ring is 2. The van der Waals surface area contributed by atoms with Crippen LogP contribution >= 0.6 is 7.82 Å². The Morgan fingerprint density at radius 2 is 1.16 bits per heavy atom. The van der Waals surface area contributed by atoms with E-state index >= 15 is 0 Å². The van der Waals surface area contributed by atoms with Crippen LogP contribution in [0.3, 0.4) is 0 Å². The summed E-state index contributed by atoms with van der Waals surface area (Å²) in [5.41, 5.74) is 9.24. The lowest BCUT2D eigenvalue weighted by Gasteiger charge is -2.26. The molecule has 2 aliphatic rings. The van der Waals surface area contributed by atoms with Crippen molar-refractivity contribution in [2.45, 2.75) is 170 Å². The average Bonchev–Trinajstić information content (AvgIpc) is 4.23. The van der Waals surface area contributed by atoms with Crippen molar-refractivity contribution in [3.63, 3.8) is 0 Å². The summed E-state index contributed by atoms with van der Waals surface area (Å²) in [6.45, 7) is 0.516. The molecule has 9 atom stereocenters. The van der Waals surface area contributed by atoms with Crippen LogP contribution in [0.5, 0.6) is 0 Å². The lowest BCUT2D eigenvalue weighted by Crippen LogP contribution is -2.41. The maximum absolute atomic E-state index is 15.0. The van der Waals surface area contributed by atoms with E-state index in [1.165, 1.54) is 110 Å². The SMILES string of the molecule is CCCCCCCCCCCCCCCCCCOC[C@H](COP(=O)(OC[C@H]1O[C@@](C#N)(c2ccc3c(N)ncnn23)[C@H](O)[C@@H]1O)OC[C@H]1O[C@@](C#N)(c2ccc3c(N)ncnn23)[C@H](O)[C@@H]1O)OCc1cccc(C#N)c1. The van der Waals surface area contributed by atoms with Gasteiger partial charge in [-0.3, -0.25) is 13.6 Å². The highest BCUT2D eigenvalue weighted by atomic mass is 31.2. The van der Waals surface area contributed by atoms with Crippen LogP contribution in [0.4, 0.5) is 11.6 Å². The number of nitrogens with zero attached hydrogens (tertiary/aromatic N) is 9. The van der Waals surface area contributed by atoms with Gasteiger partial charge in [0.2, 0.25) is 11.2 Å². The number of aliphatic hydroxyl groups excluding tert-OH is 4. The fraction of sp³-hybridized carbons (Fsp3) is 0.604. The first-order valence-electron chi connectivity index (χ1n) is 26.6. The van der Waals surface area contributed by atoms with Gasteiger partial charge in [0.15, 0.2) is 11.6 Å². The van der Waals surface area contributed by atoms with Crippen LogP contribution in [0.25, 0.3) is 11.0 Å². The van der Waals surface area contributed by atoms with Crippen molar-refractivity contribution in [3.05, 3.63) is 83.7 Å². The molecule has 0 amide bonds. The predicted octanol–water partition coefficient (Wildman–Crippen LogP) is 6.21. The second-order valence-corrected chi connectivity index (χ2v) is 21.3. The number of phosphoric ester groups is 1. The molecular formula is C53H72N11O12P. The molecule has 8 N–H and O–H groups in total. The monoisotopic (exact) mass is 1090 g/mol. The summed E-state index contributed by atoms with van der Waals surface area (Å²) in [6, 6.07) is 18.7. The Balaban J connectivity index is 1.01. The summed E-state index contributed by atoms with van der Waals surface area (Å²) >= 11 is 0. The van der Waals surface area contributed by atoms with E-state index < -0.39 is 81.6 Å². The van der Waals surface area contributed by atoms with Gasteiger partial charge in [-0.25, -0.2) is 23.6 Å². The highest BCUT2D eigenvalue weighted by molar-refractivity contribution is 7.48. The summed E-state index contributed by atoms with van der Waals surface area (Å²) in [5, 5.41) is 84.4. The minimum absolute atomic E-state index is 0.000420. The van der Waals surface area contributed by atoms with E-state index in [4.69, 9.17) is 44.0 Å². The van der Waals surface area contributed by atoms with Crippen LogP contribution in [0.2, 0.25) is 0 Å². The highest BCUT2D eigenvalue weighted by Crippen LogP contribution is 2.52. The number of nitriles is 3. The van der Waals surface area contributed by atoms with Gasteiger partial charge in [0, 0.05) is 6.61 Å². The molecule has 0 unspecified atom stereocenters. The van der Waals surface area contributed by atoms with Gasteiger partial charge >= 0.3 is 7.82 Å². The number of fused-ring (bicyclic) bond motifs is 2. The van der Waals surface area contributed by atoms with Crippen LogP contribution in [0.15, 0.2) is 61.2 Å². The number of phosphoric acid groups is 1. The fourth-order valence-electron chi connectivity index (χ4n) is 9.77. The van der Waals surface area contributed by atoms with E-state index in [-0.39, 0.29) is 36.2 Å². The van der Waals surface area contributed by atoms with Crippen LogP contribution in [0, 0.1) is 34.0 Å². The van der Waals surface area contributed by atoms with Crippen molar-refractivity contribution >= 4 is 30.5 Å². The molecule has 416 valence electrons. The molecule has 23 nitrogen and oxygen atoms in total. The van der Waals surface area contributed by atoms with Gasteiger partial charge in [0.1, 0.15) is 78.6 Å². The molecule has 2 saturated heterocycles. The van der Waals surface area contributed by atoms with E-state index in [2.05, 4.69) is 33.2 Å². The zero-order chi connectivity index (χ0) is 54.8. The third-order valence-corrected chi connectivity index (χ3v) is 15.6. The van der Waals surface area contributed by atoms with Crippen LogP contribution in [0.1, 0.15) is 132 Å². The van der Waals surface area contributed by atoms with E-state index in [9.17, 15) is 40.8 Å². The number of aliphatic hydroxyl groups is 4.